The lowest BCUT2D eigenvalue weighted by molar-refractivity contribution is -0.167. The van der Waals surface area contributed by atoms with E-state index in [-0.39, 0.29) is 31.1 Å². The highest BCUT2D eigenvalue weighted by Gasteiger charge is 2.19. The molecule has 0 aliphatic rings. The number of unbranched alkanes of at least 4 members (excludes halogenated alkanes) is 24. The van der Waals surface area contributed by atoms with Crippen molar-refractivity contribution in [1.82, 2.24) is 0 Å². The Morgan fingerprint density at radius 3 is 1.03 bits per heavy atom. The topological polar surface area (TPSA) is 78.9 Å². The van der Waals surface area contributed by atoms with Crippen LogP contribution in [0.4, 0.5) is 0 Å². The van der Waals surface area contributed by atoms with Gasteiger partial charge in [-0.1, -0.05) is 239 Å². The van der Waals surface area contributed by atoms with E-state index < -0.39 is 6.10 Å². The van der Waals surface area contributed by atoms with Crippen LogP contribution in [0.5, 0.6) is 0 Å². The van der Waals surface area contributed by atoms with Crippen LogP contribution in [-0.4, -0.2) is 37.2 Å². The third-order valence-corrected chi connectivity index (χ3v) is 11.2. The molecule has 6 heteroatoms. The van der Waals surface area contributed by atoms with Gasteiger partial charge in [-0.15, -0.1) is 0 Å². The number of ether oxygens (including phenoxy) is 3. The van der Waals surface area contributed by atoms with E-state index in [0.717, 1.165) is 103 Å². The summed E-state index contributed by atoms with van der Waals surface area (Å²) < 4.78 is 16.8. The van der Waals surface area contributed by atoms with Gasteiger partial charge in [-0.05, 0) is 83.5 Å². The van der Waals surface area contributed by atoms with Gasteiger partial charge < -0.3 is 14.2 Å². The molecule has 1 atom stereocenters. The fourth-order valence-electron chi connectivity index (χ4n) is 7.11. The summed E-state index contributed by atoms with van der Waals surface area (Å²) in [5.74, 6) is -0.940. The lowest BCUT2D eigenvalue weighted by atomic mass is 10.1. The number of hydrogen-bond donors (Lipinski definition) is 0. The average molecular weight is 915 g/mol. The smallest absolute Gasteiger partial charge is 0.306 e. The second-order valence-electron chi connectivity index (χ2n) is 17.6. The number of allylic oxidation sites excluding steroid dienone is 18. The van der Waals surface area contributed by atoms with Gasteiger partial charge >= 0.3 is 17.9 Å². The third-order valence-electron chi connectivity index (χ3n) is 11.2. The normalized spacial score (nSPS) is 13.0. The van der Waals surface area contributed by atoms with Gasteiger partial charge in [0.2, 0.25) is 0 Å². The van der Waals surface area contributed by atoms with Crippen LogP contribution < -0.4 is 0 Å². The molecule has 1 unspecified atom stereocenters. The Morgan fingerprint density at radius 2 is 0.636 bits per heavy atom. The van der Waals surface area contributed by atoms with E-state index >= 15 is 0 Å². The van der Waals surface area contributed by atoms with Crippen molar-refractivity contribution in [2.45, 2.75) is 239 Å². The van der Waals surface area contributed by atoms with Crippen molar-refractivity contribution in [3.8, 4) is 0 Å². The molecule has 6 nitrogen and oxygen atoms in total. The molecule has 0 N–H and O–H groups in total. The van der Waals surface area contributed by atoms with Gasteiger partial charge in [0.25, 0.3) is 0 Å². The number of esters is 3. The van der Waals surface area contributed by atoms with Gasteiger partial charge in [-0.2, -0.15) is 0 Å². The highest BCUT2D eigenvalue weighted by atomic mass is 16.6. The number of rotatable bonds is 47. The zero-order chi connectivity index (χ0) is 47.9. The Balaban J connectivity index is 4.48. The minimum absolute atomic E-state index is 0.0955. The van der Waals surface area contributed by atoms with Gasteiger partial charge in [0.05, 0.1) is 0 Å². The molecule has 0 aromatic rings. The molecule has 0 aliphatic heterocycles. The summed E-state index contributed by atoms with van der Waals surface area (Å²) in [7, 11) is 0. The quantitative estimate of drug-likeness (QED) is 0.0199. The summed E-state index contributed by atoms with van der Waals surface area (Å²) >= 11 is 0. The zero-order valence-electron chi connectivity index (χ0n) is 42.7. The molecule has 0 bridgehead atoms. The molecule has 0 amide bonds. The Morgan fingerprint density at radius 1 is 0.318 bits per heavy atom. The van der Waals surface area contributed by atoms with Gasteiger partial charge in [0, 0.05) is 19.3 Å². The molecule has 0 radical (unpaired) electrons. The van der Waals surface area contributed by atoms with E-state index in [4.69, 9.17) is 14.2 Å². The molecule has 0 aliphatic carbocycles. The molecule has 0 saturated heterocycles. The van der Waals surface area contributed by atoms with Crippen LogP contribution in [0.2, 0.25) is 0 Å². The van der Waals surface area contributed by atoms with Gasteiger partial charge in [-0.3, -0.25) is 14.4 Å². The maximum atomic E-state index is 12.8. The predicted octanol–water partition coefficient (Wildman–Crippen LogP) is 17.9. The molecule has 0 rings (SSSR count). The van der Waals surface area contributed by atoms with Crippen LogP contribution in [0.3, 0.4) is 0 Å². The minimum Gasteiger partial charge on any atom is -0.462 e. The monoisotopic (exact) mass is 915 g/mol. The molecule has 0 spiro atoms. The fraction of sp³-hybridized carbons (Fsp3) is 0.650. The lowest BCUT2D eigenvalue weighted by Gasteiger charge is -2.18. The first kappa shape index (κ1) is 62.1. The maximum absolute atomic E-state index is 12.8. The largest absolute Gasteiger partial charge is 0.462 e. The number of carbonyl (C=O) groups is 3. The molecule has 0 saturated carbocycles. The molecule has 0 fully saturated rings. The van der Waals surface area contributed by atoms with Gasteiger partial charge in [0.1, 0.15) is 13.2 Å². The minimum atomic E-state index is -0.799. The summed E-state index contributed by atoms with van der Waals surface area (Å²) in [6.07, 6.45) is 72.0. The first-order valence-corrected chi connectivity index (χ1v) is 27.0. The third kappa shape index (κ3) is 51.1. The van der Waals surface area contributed by atoms with Crippen LogP contribution in [0.25, 0.3) is 0 Å². The van der Waals surface area contributed by atoms with Crippen LogP contribution in [0, 0.1) is 0 Å². The van der Waals surface area contributed by atoms with Crippen molar-refractivity contribution in [2.75, 3.05) is 13.2 Å². The summed E-state index contributed by atoms with van der Waals surface area (Å²) in [5, 5.41) is 0. The predicted molar refractivity (Wildman–Crippen MR) is 283 cm³/mol. The Hall–Kier alpha value is -3.93. The van der Waals surface area contributed by atoms with Gasteiger partial charge in [0.15, 0.2) is 6.10 Å². The second-order valence-corrected chi connectivity index (χ2v) is 17.6. The van der Waals surface area contributed by atoms with Crippen molar-refractivity contribution in [3.05, 3.63) is 109 Å². The van der Waals surface area contributed by atoms with Crippen LogP contribution in [0.15, 0.2) is 109 Å². The molecule has 0 aromatic carbocycles. The van der Waals surface area contributed by atoms with Crippen LogP contribution >= 0.6 is 0 Å². The summed E-state index contributed by atoms with van der Waals surface area (Å²) in [6.45, 7) is 6.37. The van der Waals surface area contributed by atoms with E-state index in [1.54, 1.807) is 0 Å². The van der Waals surface area contributed by atoms with Gasteiger partial charge in [-0.25, -0.2) is 0 Å². The average Bonchev–Trinajstić information content (AvgIpc) is 3.31. The number of carbonyl (C=O) groups excluding carboxylic acids is 3. The van der Waals surface area contributed by atoms with E-state index in [1.807, 2.05) is 24.3 Å². The van der Waals surface area contributed by atoms with E-state index in [1.165, 1.54) is 89.9 Å². The van der Waals surface area contributed by atoms with Crippen LogP contribution in [0.1, 0.15) is 233 Å². The first-order valence-electron chi connectivity index (χ1n) is 27.0. The molecular weight excluding hydrogens is 817 g/mol. The Labute approximate surface area is 406 Å². The van der Waals surface area contributed by atoms with Crippen molar-refractivity contribution < 1.29 is 28.6 Å². The van der Waals surface area contributed by atoms with Crippen molar-refractivity contribution in [3.63, 3.8) is 0 Å². The molecule has 0 heterocycles. The molecule has 0 aromatic heterocycles. The molecule has 374 valence electrons. The van der Waals surface area contributed by atoms with Crippen molar-refractivity contribution in [1.29, 1.82) is 0 Å². The Kier molecular flexibility index (Phi) is 50.5. The van der Waals surface area contributed by atoms with Crippen molar-refractivity contribution >= 4 is 17.9 Å². The van der Waals surface area contributed by atoms with Crippen LogP contribution in [-0.2, 0) is 28.6 Å². The Bertz CT molecular complexity index is 1370. The highest BCUT2D eigenvalue weighted by Crippen LogP contribution is 2.14. The SMILES string of the molecule is CC\C=C/C=C\C=C/CCCCCCCCCC(=O)OC(COC(=O)CCCCCCC\C=C/C=C\C=C/C=C\C=C/CCC)COC(=O)CCCCCCCCC/C=C\CCCCCC. The molecular formula is C60H98O6. The standard InChI is InChI=1S/C60H98O6/c1-4-7-10-13-16-19-22-25-28-29-30-33-35-38-41-44-47-50-53-59(62)65-56-57(66-60(63)54-51-48-45-42-39-36-32-27-24-21-18-15-12-9-6-3)55-64-58(61)52-49-46-43-40-37-34-31-26-23-20-17-14-11-8-5-2/h9-10,12-13,15-16,18-25,28-30,33,57H,4-8,11,14,17,26-27,31-32,34-56H2,1-3H3/b12-9-,13-10-,18-15-,19-16-,23-20-,24-21-,25-22-,29-28-,33-30-. The van der Waals surface area contributed by atoms with E-state index in [2.05, 4.69) is 106 Å². The van der Waals surface area contributed by atoms with Crippen molar-refractivity contribution in [2.24, 2.45) is 0 Å². The first-order chi connectivity index (χ1) is 32.5. The van der Waals surface area contributed by atoms with E-state index in [9.17, 15) is 14.4 Å². The highest BCUT2D eigenvalue weighted by molar-refractivity contribution is 5.71. The second kappa shape index (κ2) is 53.7. The molecule has 66 heavy (non-hydrogen) atoms. The zero-order valence-corrected chi connectivity index (χ0v) is 42.7. The lowest BCUT2D eigenvalue weighted by Crippen LogP contribution is -2.30. The number of hydrogen-bond acceptors (Lipinski definition) is 6. The summed E-state index contributed by atoms with van der Waals surface area (Å²) in [4.78, 5) is 38.1. The summed E-state index contributed by atoms with van der Waals surface area (Å²) in [5.41, 5.74) is 0. The van der Waals surface area contributed by atoms with E-state index in [0.29, 0.717) is 19.3 Å². The maximum Gasteiger partial charge on any atom is 0.306 e. The fourth-order valence-corrected chi connectivity index (χ4v) is 7.11. The summed E-state index contributed by atoms with van der Waals surface area (Å²) in [6, 6.07) is 0.